The third-order valence-electron chi connectivity index (χ3n) is 3.21. The zero-order chi connectivity index (χ0) is 15.2. The van der Waals surface area contributed by atoms with E-state index in [2.05, 4.69) is 0 Å². The third kappa shape index (κ3) is 3.56. The van der Waals surface area contributed by atoms with Crippen molar-refractivity contribution in [3.8, 4) is 0 Å². The van der Waals surface area contributed by atoms with Crippen LogP contribution in [0.25, 0.3) is 0 Å². The molecule has 108 valence electrons. The van der Waals surface area contributed by atoms with Gasteiger partial charge in [0.1, 0.15) is 0 Å². The largest absolute Gasteiger partial charge is 0.386 e. The predicted molar refractivity (Wildman–Crippen MR) is 76.9 cm³/mol. The number of aliphatic hydroxyl groups is 3. The average Bonchev–Trinajstić information content (AvgIpc) is 2.11. The van der Waals surface area contributed by atoms with Gasteiger partial charge < -0.3 is 15.3 Å². The average molecular weight is 266 g/mol. The molecule has 3 nitrogen and oxygen atoms in total. The summed E-state index contributed by atoms with van der Waals surface area (Å²) in [6.45, 7) is 12.0. The fourth-order valence-electron chi connectivity index (χ4n) is 2.41. The van der Waals surface area contributed by atoms with Crippen LogP contribution in [0.15, 0.2) is 12.1 Å². The van der Waals surface area contributed by atoms with Gasteiger partial charge in [-0.1, -0.05) is 17.7 Å². The molecule has 0 bridgehead atoms. The first-order valence-electron chi connectivity index (χ1n) is 6.58. The van der Waals surface area contributed by atoms with Crippen molar-refractivity contribution in [3.63, 3.8) is 0 Å². The first-order valence-corrected chi connectivity index (χ1v) is 6.58. The van der Waals surface area contributed by atoms with Crippen molar-refractivity contribution in [2.24, 2.45) is 0 Å². The zero-order valence-electron chi connectivity index (χ0n) is 13.0. The van der Waals surface area contributed by atoms with E-state index in [0.29, 0.717) is 16.7 Å². The van der Waals surface area contributed by atoms with Gasteiger partial charge in [-0.25, -0.2) is 0 Å². The lowest BCUT2D eigenvalue weighted by Gasteiger charge is -2.34. The fourth-order valence-corrected chi connectivity index (χ4v) is 2.41. The molecule has 0 atom stereocenters. The highest BCUT2D eigenvalue weighted by Gasteiger charge is 2.34. The van der Waals surface area contributed by atoms with Crippen LogP contribution >= 0.6 is 0 Å². The van der Waals surface area contributed by atoms with Crippen LogP contribution in [-0.2, 0) is 16.8 Å². The summed E-state index contributed by atoms with van der Waals surface area (Å²) in [5, 5.41) is 31.2. The zero-order valence-corrected chi connectivity index (χ0v) is 13.0. The first kappa shape index (κ1) is 16.2. The number of aryl methyl sites for hydroxylation is 1. The lowest BCUT2D eigenvalue weighted by molar-refractivity contribution is 0.0383. The van der Waals surface area contributed by atoms with Gasteiger partial charge in [0.25, 0.3) is 0 Å². The van der Waals surface area contributed by atoms with Crippen molar-refractivity contribution in [1.82, 2.24) is 0 Å². The van der Waals surface area contributed by atoms with E-state index >= 15 is 0 Å². The summed E-state index contributed by atoms with van der Waals surface area (Å²) in [5.41, 5.74) is -0.462. The molecule has 0 amide bonds. The maximum atomic E-state index is 10.4. The van der Waals surface area contributed by atoms with Crippen molar-refractivity contribution in [1.29, 1.82) is 0 Å². The molecule has 0 aliphatic rings. The molecule has 19 heavy (non-hydrogen) atoms. The van der Waals surface area contributed by atoms with E-state index in [9.17, 15) is 15.3 Å². The van der Waals surface area contributed by atoms with Gasteiger partial charge in [-0.05, 0) is 65.2 Å². The molecule has 0 radical (unpaired) electrons. The second-order valence-electron chi connectivity index (χ2n) is 6.91. The molecule has 0 fully saturated rings. The van der Waals surface area contributed by atoms with Crippen LogP contribution in [0.2, 0.25) is 0 Å². The van der Waals surface area contributed by atoms with Crippen LogP contribution in [0.1, 0.15) is 63.8 Å². The highest BCUT2D eigenvalue weighted by atomic mass is 16.3. The van der Waals surface area contributed by atoms with Crippen LogP contribution in [0.5, 0.6) is 0 Å². The number of hydrogen-bond donors (Lipinski definition) is 3. The predicted octanol–water partition coefficient (Wildman–Crippen LogP) is 2.68. The Morgan fingerprint density at radius 2 is 1.00 bits per heavy atom. The van der Waals surface area contributed by atoms with Crippen molar-refractivity contribution in [2.75, 3.05) is 0 Å². The molecule has 0 aliphatic carbocycles. The molecule has 3 heteroatoms. The van der Waals surface area contributed by atoms with Gasteiger partial charge in [-0.3, -0.25) is 0 Å². The number of rotatable bonds is 3. The molecular weight excluding hydrogens is 240 g/mol. The van der Waals surface area contributed by atoms with Gasteiger partial charge in [-0.15, -0.1) is 0 Å². The van der Waals surface area contributed by atoms with E-state index in [0.717, 1.165) is 5.56 Å². The monoisotopic (exact) mass is 266 g/mol. The molecular formula is C16H26O3. The smallest absolute Gasteiger partial charge is 0.0847 e. The van der Waals surface area contributed by atoms with Crippen molar-refractivity contribution >= 4 is 0 Å². The molecule has 1 rings (SSSR count). The molecule has 0 aromatic heterocycles. The van der Waals surface area contributed by atoms with Crippen LogP contribution in [-0.4, -0.2) is 15.3 Å². The highest BCUT2D eigenvalue weighted by Crippen LogP contribution is 2.39. The van der Waals surface area contributed by atoms with Gasteiger partial charge in [0.2, 0.25) is 0 Å². The van der Waals surface area contributed by atoms with Crippen LogP contribution in [0.3, 0.4) is 0 Å². The Bertz CT molecular complexity index is 433. The second-order valence-corrected chi connectivity index (χ2v) is 6.91. The molecule has 0 heterocycles. The fraction of sp³-hybridized carbons (Fsp3) is 0.625. The molecule has 3 N–H and O–H groups in total. The quantitative estimate of drug-likeness (QED) is 0.788. The van der Waals surface area contributed by atoms with Crippen molar-refractivity contribution < 1.29 is 15.3 Å². The normalized spacial score (nSPS) is 13.8. The van der Waals surface area contributed by atoms with Gasteiger partial charge in [-0.2, -0.15) is 0 Å². The Morgan fingerprint density at radius 1 is 0.684 bits per heavy atom. The lowest BCUT2D eigenvalue weighted by Crippen LogP contribution is -2.31. The molecule has 0 aliphatic heterocycles. The van der Waals surface area contributed by atoms with Gasteiger partial charge in [0.05, 0.1) is 16.8 Å². The van der Waals surface area contributed by atoms with Crippen molar-refractivity contribution in [3.05, 3.63) is 34.4 Å². The second kappa shape index (κ2) is 4.58. The van der Waals surface area contributed by atoms with Crippen molar-refractivity contribution in [2.45, 2.75) is 65.3 Å². The summed E-state index contributed by atoms with van der Waals surface area (Å²) < 4.78 is 0. The molecule has 0 saturated carbocycles. The minimum Gasteiger partial charge on any atom is -0.386 e. The number of hydrogen-bond acceptors (Lipinski definition) is 3. The molecule has 0 unspecified atom stereocenters. The molecule has 1 aromatic rings. The third-order valence-corrected chi connectivity index (χ3v) is 3.21. The summed E-state index contributed by atoms with van der Waals surface area (Å²) in [4.78, 5) is 0. The Labute approximate surface area is 115 Å². The van der Waals surface area contributed by atoms with E-state index < -0.39 is 16.8 Å². The molecule has 0 spiro atoms. The van der Waals surface area contributed by atoms with E-state index in [-0.39, 0.29) is 0 Å². The van der Waals surface area contributed by atoms with Crippen LogP contribution in [0.4, 0.5) is 0 Å². The Balaban J connectivity index is 3.80. The first-order chi connectivity index (χ1) is 8.24. The summed E-state index contributed by atoms with van der Waals surface area (Å²) in [6.07, 6.45) is 0. The van der Waals surface area contributed by atoms with E-state index in [1.165, 1.54) is 0 Å². The summed E-state index contributed by atoms with van der Waals surface area (Å²) in [5.74, 6) is 0. The SMILES string of the molecule is Cc1cc(C(C)(C)O)c(C(C)(C)O)c(C(C)(C)O)c1. The summed E-state index contributed by atoms with van der Waals surface area (Å²) in [7, 11) is 0. The molecule has 1 aromatic carbocycles. The lowest BCUT2D eigenvalue weighted by atomic mass is 9.77. The summed E-state index contributed by atoms with van der Waals surface area (Å²) >= 11 is 0. The van der Waals surface area contributed by atoms with Crippen LogP contribution < -0.4 is 0 Å². The number of benzene rings is 1. The summed E-state index contributed by atoms with van der Waals surface area (Å²) in [6, 6.07) is 3.73. The standard InChI is InChI=1S/C16H26O3/c1-10-8-11(14(2,3)17)13(16(6,7)19)12(9-10)15(4,5)18/h8-9,17-19H,1-7H3. The Kier molecular flexibility index (Phi) is 3.90. The Morgan fingerprint density at radius 3 is 1.21 bits per heavy atom. The van der Waals surface area contributed by atoms with E-state index in [1.807, 2.05) is 19.1 Å². The van der Waals surface area contributed by atoms with E-state index in [1.54, 1.807) is 41.5 Å². The van der Waals surface area contributed by atoms with E-state index in [4.69, 9.17) is 0 Å². The maximum Gasteiger partial charge on any atom is 0.0847 e. The van der Waals surface area contributed by atoms with Gasteiger partial charge in [0.15, 0.2) is 0 Å². The highest BCUT2D eigenvalue weighted by molar-refractivity contribution is 5.47. The van der Waals surface area contributed by atoms with Gasteiger partial charge in [0, 0.05) is 0 Å². The van der Waals surface area contributed by atoms with Gasteiger partial charge >= 0.3 is 0 Å². The minimum absolute atomic E-state index is 0.595. The minimum atomic E-state index is -1.14. The maximum absolute atomic E-state index is 10.4. The van der Waals surface area contributed by atoms with Crippen LogP contribution in [0, 0.1) is 6.92 Å². The molecule has 0 saturated heterocycles. The topological polar surface area (TPSA) is 60.7 Å². The Hall–Kier alpha value is -0.900.